The lowest BCUT2D eigenvalue weighted by Gasteiger charge is -2.20. The van der Waals surface area contributed by atoms with E-state index in [1.54, 1.807) is 12.1 Å². The summed E-state index contributed by atoms with van der Waals surface area (Å²) < 4.78 is 0. The third-order valence-corrected chi connectivity index (χ3v) is 4.55. The smallest absolute Gasteiger partial charge is 0.226 e. The summed E-state index contributed by atoms with van der Waals surface area (Å²) in [5.74, 6) is -0.310. The Hall–Kier alpha value is -2.33. The van der Waals surface area contributed by atoms with Crippen molar-refractivity contribution in [3.63, 3.8) is 0 Å². The van der Waals surface area contributed by atoms with Crippen molar-refractivity contribution in [1.29, 1.82) is 0 Å². The number of amides is 2. The number of halogens is 1. The molecular weight excluding hydrogens is 348 g/mol. The van der Waals surface area contributed by atoms with Gasteiger partial charge in [-0.25, -0.2) is 0 Å². The van der Waals surface area contributed by atoms with E-state index in [9.17, 15) is 9.59 Å². The van der Waals surface area contributed by atoms with Crippen LogP contribution in [0.1, 0.15) is 49.9 Å². The summed E-state index contributed by atoms with van der Waals surface area (Å²) in [6.45, 7) is 5.58. The molecule has 2 amide bonds. The molecule has 0 fully saturated rings. The second-order valence-electron chi connectivity index (χ2n) is 6.22. The van der Waals surface area contributed by atoms with Crippen molar-refractivity contribution in [1.82, 2.24) is 5.32 Å². The molecule has 1 atom stereocenters. The number of nitrogens with one attached hydrogen (secondary N) is 2. The zero-order valence-electron chi connectivity index (χ0n) is 15.4. The van der Waals surface area contributed by atoms with Gasteiger partial charge < -0.3 is 10.6 Å². The predicted octanol–water partition coefficient (Wildman–Crippen LogP) is 4.67. The number of aryl methyl sites for hydroxylation is 2. The Kier molecular flexibility index (Phi) is 7.22. The van der Waals surface area contributed by atoms with Crippen LogP contribution in [0.15, 0.2) is 42.5 Å². The van der Waals surface area contributed by atoms with Gasteiger partial charge >= 0.3 is 0 Å². The highest BCUT2D eigenvalue weighted by atomic mass is 35.5. The van der Waals surface area contributed by atoms with E-state index in [0.29, 0.717) is 5.02 Å². The van der Waals surface area contributed by atoms with E-state index < -0.39 is 6.04 Å². The molecule has 4 nitrogen and oxygen atoms in total. The van der Waals surface area contributed by atoms with Crippen LogP contribution in [-0.4, -0.2) is 11.8 Å². The lowest BCUT2D eigenvalue weighted by Crippen LogP contribution is -2.30. The lowest BCUT2D eigenvalue weighted by atomic mass is 10.0. The van der Waals surface area contributed by atoms with Gasteiger partial charge in [-0.1, -0.05) is 55.8 Å². The maximum Gasteiger partial charge on any atom is 0.226 e. The fourth-order valence-electron chi connectivity index (χ4n) is 2.97. The van der Waals surface area contributed by atoms with E-state index in [2.05, 4.69) is 24.5 Å². The minimum atomic E-state index is -0.399. The molecule has 5 heteroatoms. The molecule has 0 heterocycles. The topological polar surface area (TPSA) is 58.2 Å². The Balaban J connectivity index is 2.20. The molecule has 2 aromatic carbocycles. The van der Waals surface area contributed by atoms with Gasteiger partial charge in [-0.3, -0.25) is 9.59 Å². The minimum absolute atomic E-state index is 0.130. The first-order valence-corrected chi connectivity index (χ1v) is 9.25. The van der Waals surface area contributed by atoms with E-state index in [0.717, 1.165) is 35.2 Å². The van der Waals surface area contributed by atoms with Crippen LogP contribution >= 0.6 is 11.6 Å². The van der Waals surface area contributed by atoms with Crippen LogP contribution in [0.5, 0.6) is 0 Å². The molecule has 2 aromatic rings. The summed E-state index contributed by atoms with van der Waals surface area (Å²) in [7, 11) is 0. The molecular formula is C21H25ClN2O2. The highest BCUT2D eigenvalue weighted by Crippen LogP contribution is 2.25. The number of anilines is 1. The fraction of sp³-hybridized carbons (Fsp3) is 0.333. The average Bonchev–Trinajstić information content (AvgIpc) is 2.61. The van der Waals surface area contributed by atoms with Crippen LogP contribution in [-0.2, 0) is 22.4 Å². The molecule has 0 aromatic heterocycles. The van der Waals surface area contributed by atoms with Crippen LogP contribution in [0.2, 0.25) is 5.02 Å². The van der Waals surface area contributed by atoms with Crippen LogP contribution in [0.4, 0.5) is 5.69 Å². The SMILES string of the molecule is CCc1cccc(CC)c1NC(=O)CC(NC(C)=O)c1ccc(Cl)cc1. The largest absolute Gasteiger partial charge is 0.349 e. The summed E-state index contributed by atoms with van der Waals surface area (Å²) in [6, 6.07) is 12.8. The van der Waals surface area contributed by atoms with E-state index in [4.69, 9.17) is 11.6 Å². The molecule has 2 rings (SSSR count). The van der Waals surface area contributed by atoms with Gasteiger partial charge in [0.15, 0.2) is 0 Å². The standard InChI is InChI=1S/C21H25ClN2O2/c1-4-15-7-6-8-16(5-2)21(15)24-20(26)13-19(23-14(3)25)17-9-11-18(22)12-10-17/h6-12,19H,4-5,13H2,1-3H3,(H,23,25)(H,24,26). The Bertz CT molecular complexity index is 750. The van der Waals surface area contributed by atoms with Gasteiger partial charge in [0.05, 0.1) is 12.5 Å². The first-order valence-electron chi connectivity index (χ1n) is 8.87. The number of benzene rings is 2. The highest BCUT2D eigenvalue weighted by Gasteiger charge is 2.18. The van der Waals surface area contributed by atoms with E-state index in [1.807, 2.05) is 30.3 Å². The molecule has 138 valence electrons. The fourth-order valence-corrected chi connectivity index (χ4v) is 3.10. The Morgan fingerprint density at radius 3 is 2.08 bits per heavy atom. The van der Waals surface area contributed by atoms with Gasteiger partial charge in [0, 0.05) is 17.6 Å². The molecule has 0 saturated carbocycles. The van der Waals surface area contributed by atoms with Crippen LogP contribution in [0.25, 0.3) is 0 Å². The number of hydrogen-bond donors (Lipinski definition) is 2. The second-order valence-corrected chi connectivity index (χ2v) is 6.65. The van der Waals surface area contributed by atoms with Crippen molar-refractivity contribution < 1.29 is 9.59 Å². The number of para-hydroxylation sites is 1. The summed E-state index contributed by atoms with van der Waals surface area (Å²) in [5.41, 5.74) is 3.96. The first-order chi connectivity index (χ1) is 12.4. The van der Waals surface area contributed by atoms with Crippen molar-refractivity contribution in [2.24, 2.45) is 0 Å². The van der Waals surface area contributed by atoms with Crippen molar-refractivity contribution >= 4 is 29.1 Å². The van der Waals surface area contributed by atoms with Gasteiger partial charge in [0.25, 0.3) is 0 Å². The molecule has 0 spiro atoms. The highest BCUT2D eigenvalue weighted by molar-refractivity contribution is 6.30. The molecule has 0 aliphatic heterocycles. The second kappa shape index (κ2) is 9.39. The normalized spacial score (nSPS) is 11.7. The van der Waals surface area contributed by atoms with Gasteiger partial charge in [-0.05, 0) is 41.7 Å². The summed E-state index contributed by atoms with van der Waals surface area (Å²) >= 11 is 5.94. The molecule has 1 unspecified atom stereocenters. The number of carbonyl (C=O) groups excluding carboxylic acids is 2. The number of hydrogen-bond acceptors (Lipinski definition) is 2. The quantitative estimate of drug-likeness (QED) is 0.741. The van der Waals surface area contributed by atoms with E-state index >= 15 is 0 Å². The Labute approximate surface area is 159 Å². The van der Waals surface area contributed by atoms with Crippen molar-refractivity contribution in [2.45, 2.75) is 46.1 Å². The van der Waals surface area contributed by atoms with Gasteiger partial charge in [0.1, 0.15) is 0 Å². The van der Waals surface area contributed by atoms with Crippen LogP contribution in [0, 0.1) is 0 Å². The van der Waals surface area contributed by atoms with Crippen molar-refractivity contribution in [2.75, 3.05) is 5.32 Å². The van der Waals surface area contributed by atoms with Crippen molar-refractivity contribution in [3.05, 3.63) is 64.2 Å². The Morgan fingerprint density at radius 1 is 1.00 bits per heavy atom. The number of rotatable bonds is 7. The molecule has 0 bridgehead atoms. The third-order valence-electron chi connectivity index (χ3n) is 4.30. The number of carbonyl (C=O) groups is 2. The summed E-state index contributed by atoms with van der Waals surface area (Å²) in [5, 5.41) is 6.51. The van der Waals surface area contributed by atoms with Crippen molar-refractivity contribution in [3.8, 4) is 0 Å². The summed E-state index contributed by atoms with van der Waals surface area (Å²) in [4.78, 5) is 24.3. The molecule has 26 heavy (non-hydrogen) atoms. The molecule has 2 N–H and O–H groups in total. The van der Waals surface area contributed by atoms with E-state index in [1.165, 1.54) is 6.92 Å². The molecule has 0 aliphatic rings. The Morgan fingerprint density at radius 2 is 1.58 bits per heavy atom. The van der Waals surface area contributed by atoms with E-state index in [-0.39, 0.29) is 18.2 Å². The van der Waals surface area contributed by atoms with Crippen LogP contribution < -0.4 is 10.6 Å². The predicted molar refractivity (Wildman–Crippen MR) is 106 cm³/mol. The molecule has 0 aliphatic carbocycles. The zero-order valence-corrected chi connectivity index (χ0v) is 16.2. The van der Waals surface area contributed by atoms with Crippen LogP contribution in [0.3, 0.4) is 0 Å². The van der Waals surface area contributed by atoms with Gasteiger partial charge in [-0.2, -0.15) is 0 Å². The zero-order chi connectivity index (χ0) is 19.1. The average molecular weight is 373 g/mol. The van der Waals surface area contributed by atoms with Gasteiger partial charge in [0.2, 0.25) is 11.8 Å². The molecule has 0 radical (unpaired) electrons. The maximum atomic E-state index is 12.7. The maximum absolute atomic E-state index is 12.7. The first kappa shape index (κ1) is 20.0. The lowest BCUT2D eigenvalue weighted by molar-refractivity contribution is -0.120. The van der Waals surface area contributed by atoms with Gasteiger partial charge in [-0.15, -0.1) is 0 Å². The summed E-state index contributed by atoms with van der Waals surface area (Å²) in [6.07, 6.45) is 1.84. The molecule has 0 saturated heterocycles. The third kappa shape index (κ3) is 5.33. The monoisotopic (exact) mass is 372 g/mol. The minimum Gasteiger partial charge on any atom is -0.349 e.